The third kappa shape index (κ3) is 4.60. The van der Waals surface area contributed by atoms with E-state index in [1.807, 2.05) is 4.68 Å². The number of ether oxygens (including phenoxy) is 1. The van der Waals surface area contributed by atoms with Crippen LogP contribution in [0.1, 0.15) is 48.7 Å². The number of nitrogens with zero attached hydrogens (tertiary/aromatic N) is 4. The molecule has 3 aromatic rings. The van der Waals surface area contributed by atoms with Crippen LogP contribution >= 0.6 is 0 Å². The van der Waals surface area contributed by atoms with Crippen LogP contribution in [0.15, 0.2) is 42.5 Å². The summed E-state index contributed by atoms with van der Waals surface area (Å²) in [4.78, 5) is 27.6. The normalized spacial score (nSPS) is 17.9. The number of likely N-dealkylation sites (tertiary alicyclic amines) is 1. The van der Waals surface area contributed by atoms with E-state index >= 15 is 0 Å². The molecule has 0 atom stereocenters. The summed E-state index contributed by atoms with van der Waals surface area (Å²) in [5.74, 6) is -1.27. The molecule has 9 heteroatoms. The molecule has 0 aliphatic carbocycles. The van der Waals surface area contributed by atoms with Crippen LogP contribution < -0.4 is 4.90 Å². The highest BCUT2D eigenvalue weighted by molar-refractivity contribution is 5.92. The van der Waals surface area contributed by atoms with Gasteiger partial charge in [-0.1, -0.05) is 13.3 Å². The quantitative estimate of drug-likeness (QED) is 0.529. The molecule has 3 heterocycles. The van der Waals surface area contributed by atoms with Gasteiger partial charge in [0.05, 0.1) is 23.3 Å². The third-order valence-corrected chi connectivity index (χ3v) is 7.05. The van der Waals surface area contributed by atoms with Gasteiger partial charge in [-0.15, -0.1) is 0 Å². The predicted octanol–water partition coefficient (Wildman–Crippen LogP) is 4.67. The second-order valence-electron chi connectivity index (χ2n) is 9.45. The molecular weight excluding hydrogens is 451 g/mol. The number of rotatable bonds is 7. The van der Waals surface area contributed by atoms with E-state index in [1.54, 1.807) is 29.2 Å². The van der Waals surface area contributed by atoms with E-state index in [0.717, 1.165) is 49.1 Å². The lowest BCUT2D eigenvalue weighted by atomic mass is 9.91. The number of anilines is 1. The van der Waals surface area contributed by atoms with Crippen LogP contribution in [0.3, 0.4) is 0 Å². The molecule has 8 nitrogen and oxygen atoms in total. The summed E-state index contributed by atoms with van der Waals surface area (Å²) in [5.41, 5.74) is 2.07. The van der Waals surface area contributed by atoms with Crippen LogP contribution in [0.4, 0.5) is 14.9 Å². The fraction of sp³-hybridized carbons (Fsp3) is 0.423. The number of carbonyl (C=O) groups is 2. The van der Waals surface area contributed by atoms with Gasteiger partial charge in [0.2, 0.25) is 0 Å². The number of benzene rings is 2. The van der Waals surface area contributed by atoms with Crippen LogP contribution in [-0.4, -0.2) is 57.1 Å². The van der Waals surface area contributed by atoms with E-state index in [-0.39, 0.29) is 11.4 Å². The maximum Gasteiger partial charge on any atom is 0.415 e. The van der Waals surface area contributed by atoms with Crippen molar-refractivity contribution in [2.24, 2.45) is 0 Å². The van der Waals surface area contributed by atoms with Crippen molar-refractivity contribution >= 4 is 28.7 Å². The molecule has 184 valence electrons. The molecular formula is C26H29FN4O4. The number of halogens is 1. The first kappa shape index (κ1) is 23.3. The van der Waals surface area contributed by atoms with Crippen molar-refractivity contribution in [3.05, 3.63) is 59.5 Å². The second kappa shape index (κ2) is 9.30. The summed E-state index contributed by atoms with van der Waals surface area (Å²) in [6, 6.07) is 11.1. The molecule has 2 aliphatic rings. The third-order valence-electron chi connectivity index (χ3n) is 7.05. The Balaban J connectivity index is 1.26. The Hall–Kier alpha value is -3.46. The molecule has 0 unspecified atom stereocenters. The van der Waals surface area contributed by atoms with Crippen molar-refractivity contribution < 1.29 is 23.8 Å². The lowest BCUT2D eigenvalue weighted by molar-refractivity contribution is -0.00119. The Labute approximate surface area is 202 Å². The molecule has 1 N–H and O–H groups in total. The Bertz CT molecular complexity index is 1250. The number of carboxylic acids is 1. The Morgan fingerprint density at radius 3 is 2.60 bits per heavy atom. The lowest BCUT2D eigenvalue weighted by Gasteiger charge is -2.37. The van der Waals surface area contributed by atoms with Gasteiger partial charge in [0.1, 0.15) is 11.4 Å². The lowest BCUT2D eigenvalue weighted by Crippen LogP contribution is -2.46. The summed E-state index contributed by atoms with van der Waals surface area (Å²) in [5, 5.41) is 14.8. The molecule has 0 radical (unpaired) electrons. The molecule has 2 saturated heterocycles. The van der Waals surface area contributed by atoms with E-state index in [9.17, 15) is 14.0 Å². The molecule has 0 bridgehead atoms. The van der Waals surface area contributed by atoms with Crippen LogP contribution in [-0.2, 0) is 17.8 Å². The van der Waals surface area contributed by atoms with E-state index in [2.05, 4.69) is 11.8 Å². The molecule has 5 rings (SSSR count). The number of aromatic carboxylic acids is 1. The summed E-state index contributed by atoms with van der Waals surface area (Å²) >= 11 is 0. The number of aryl methyl sites for hydroxylation is 1. The van der Waals surface area contributed by atoms with Gasteiger partial charge in [0, 0.05) is 50.1 Å². The number of unbranched alkanes of at least 4 members (excludes halogenated alkanes) is 1. The molecule has 2 fully saturated rings. The summed E-state index contributed by atoms with van der Waals surface area (Å²) in [6.07, 6.45) is 3.04. The zero-order chi connectivity index (χ0) is 24.6. The summed E-state index contributed by atoms with van der Waals surface area (Å²) in [7, 11) is 0. The smallest absolute Gasteiger partial charge is 0.415 e. The standard InChI is InChI=1S/C26H29FN4O4/c1-2-3-12-31-23-9-6-19(27)15-21(23)22(28-31)16-29-13-10-26(11-14-29)17-30(25(34)35-26)20-7-4-18(5-8-20)24(32)33/h4-9,15H,2-3,10-14,16-17H2,1H3,(H,32,33). The zero-order valence-electron chi connectivity index (χ0n) is 19.7. The number of carbonyl (C=O) groups excluding carboxylic acids is 1. The van der Waals surface area contributed by atoms with E-state index in [0.29, 0.717) is 31.6 Å². The molecule has 2 aromatic carbocycles. The van der Waals surface area contributed by atoms with Crippen molar-refractivity contribution in [1.82, 2.24) is 14.7 Å². The van der Waals surface area contributed by atoms with Crippen molar-refractivity contribution in [2.45, 2.75) is 51.3 Å². The van der Waals surface area contributed by atoms with E-state index < -0.39 is 17.7 Å². The first-order chi connectivity index (χ1) is 16.9. The molecule has 35 heavy (non-hydrogen) atoms. The number of aromatic nitrogens is 2. The number of amides is 1. The van der Waals surface area contributed by atoms with Crippen molar-refractivity contribution in [1.29, 1.82) is 0 Å². The number of fused-ring (bicyclic) bond motifs is 1. The predicted molar refractivity (Wildman–Crippen MR) is 129 cm³/mol. The number of hydrogen-bond acceptors (Lipinski definition) is 5. The average molecular weight is 481 g/mol. The van der Waals surface area contributed by atoms with E-state index in [4.69, 9.17) is 14.9 Å². The molecule has 0 saturated carbocycles. The highest BCUT2D eigenvalue weighted by Gasteiger charge is 2.47. The topological polar surface area (TPSA) is 87.9 Å². The minimum absolute atomic E-state index is 0.175. The van der Waals surface area contributed by atoms with Crippen molar-refractivity contribution in [3.8, 4) is 0 Å². The molecule has 2 aliphatic heterocycles. The first-order valence-corrected chi connectivity index (χ1v) is 12.1. The molecule has 1 spiro atoms. The Kier molecular flexibility index (Phi) is 6.19. The van der Waals surface area contributed by atoms with Crippen LogP contribution in [0, 0.1) is 5.82 Å². The van der Waals surface area contributed by atoms with Crippen LogP contribution in [0.5, 0.6) is 0 Å². The monoisotopic (exact) mass is 480 g/mol. The van der Waals surface area contributed by atoms with Gasteiger partial charge in [0.15, 0.2) is 0 Å². The van der Waals surface area contributed by atoms with Gasteiger partial charge in [-0.3, -0.25) is 14.5 Å². The summed E-state index contributed by atoms with van der Waals surface area (Å²) < 4.78 is 21.8. The minimum atomic E-state index is -1.00. The first-order valence-electron chi connectivity index (χ1n) is 12.1. The van der Waals surface area contributed by atoms with Gasteiger partial charge in [-0.2, -0.15) is 5.10 Å². The van der Waals surface area contributed by atoms with Crippen LogP contribution in [0.2, 0.25) is 0 Å². The maximum absolute atomic E-state index is 14.0. The van der Waals surface area contributed by atoms with Crippen molar-refractivity contribution in [3.63, 3.8) is 0 Å². The summed E-state index contributed by atoms with van der Waals surface area (Å²) in [6.45, 7) is 5.46. The maximum atomic E-state index is 14.0. The van der Waals surface area contributed by atoms with Gasteiger partial charge in [0.25, 0.3) is 0 Å². The highest BCUT2D eigenvalue weighted by Crippen LogP contribution is 2.36. The van der Waals surface area contributed by atoms with Crippen LogP contribution in [0.25, 0.3) is 10.9 Å². The number of hydrogen-bond donors (Lipinski definition) is 1. The Morgan fingerprint density at radius 2 is 1.91 bits per heavy atom. The number of carboxylic acid groups (broad SMARTS) is 1. The van der Waals surface area contributed by atoms with Crippen molar-refractivity contribution in [2.75, 3.05) is 24.5 Å². The second-order valence-corrected chi connectivity index (χ2v) is 9.45. The molecule has 1 aromatic heterocycles. The average Bonchev–Trinajstić information content (AvgIpc) is 3.36. The fourth-order valence-corrected chi connectivity index (χ4v) is 5.01. The zero-order valence-corrected chi connectivity index (χ0v) is 19.7. The van der Waals surface area contributed by atoms with Gasteiger partial charge < -0.3 is 9.84 Å². The largest absolute Gasteiger partial charge is 0.478 e. The van der Waals surface area contributed by atoms with E-state index in [1.165, 1.54) is 18.2 Å². The molecule has 1 amide bonds. The number of piperidine rings is 1. The fourth-order valence-electron chi connectivity index (χ4n) is 5.01. The van der Waals surface area contributed by atoms with Gasteiger partial charge in [-0.05, 0) is 48.9 Å². The Morgan fingerprint density at radius 1 is 1.17 bits per heavy atom. The van der Waals surface area contributed by atoms with Gasteiger partial charge >= 0.3 is 12.1 Å². The van der Waals surface area contributed by atoms with Gasteiger partial charge in [-0.25, -0.2) is 14.0 Å². The SMILES string of the molecule is CCCCn1nc(CN2CCC3(CC2)CN(c2ccc(C(=O)O)cc2)C(=O)O3)c2cc(F)ccc21. The minimum Gasteiger partial charge on any atom is -0.478 e. The highest BCUT2D eigenvalue weighted by atomic mass is 19.1.